The Labute approximate surface area is 111 Å². The van der Waals surface area contributed by atoms with Crippen molar-refractivity contribution in [2.45, 2.75) is 38.0 Å². The van der Waals surface area contributed by atoms with Gasteiger partial charge in [-0.2, -0.15) is 0 Å². The minimum absolute atomic E-state index is 0.0770. The van der Waals surface area contributed by atoms with Gasteiger partial charge < -0.3 is 24.7 Å². The van der Waals surface area contributed by atoms with Crippen LogP contribution < -0.4 is 0 Å². The van der Waals surface area contributed by atoms with Crippen LogP contribution in [-0.2, 0) is 9.53 Å². The van der Waals surface area contributed by atoms with E-state index in [0.29, 0.717) is 19.7 Å². The first-order valence-electron chi connectivity index (χ1n) is 6.40. The molecule has 0 radical (unpaired) electrons. The number of nitrogens with zero attached hydrogens (tertiary/aromatic N) is 2. The Balaban J connectivity index is 2.08. The first-order chi connectivity index (χ1) is 8.80. The highest BCUT2D eigenvalue weighted by atomic mass is 16.5. The number of carbonyl (C=O) groups is 2. The molecule has 2 atom stereocenters. The lowest BCUT2D eigenvalue weighted by molar-refractivity contribution is -0.141. The minimum atomic E-state index is -1.07. The Bertz CT molecular complexity index is 384. The number of β-amino-alcohol motifs (C(OH)–C–C–N with tert-alkyl or cyclic N) is 1. The number of carboxylic acids is 1. The van der Waals surface area contributed by atoms with Crippen LogP contribution in [0.3, 0.4) is 0 Å². The van der Waals surface area contributed by atoms with Crippen LogP contribution in [0.25, 0.3) is 0 Å². The molecular formula is C12H20N2O5. The van der Waals surface area contributed by atoms with Gasteiger partial charge in [-0.3, -0.25) is 0 Å². The van der Waals surface area contributed by atoms with E-state index in [1.54, 1.807) is 4.90 Å². The fraction of sp³-hybridized carbons (Fsp3) is 0.833. The van der Waals surface area contributed by atoms with E-state index in [9.17, 15) is 14.7 Å². The van der Waals surface area contributed by atoms with E-state index in [1.165, 1.54) is 4.90 Å². The maximum atomic E-state index is 12.4. The van der Waals surface area contributed by atoms with Crippen molar-refractivity contribution in [2.24, 2.45) is 0 Å². The van der Waals surface area contributed by atoms with Crippen molar-refractivity contribution in [1.82, 2.24) is 9.80 Å². The van der Waals surface area contributed by atoms with Crippen molar-refractivity contribution < 1.29 is 24.5 Å². The summed E-state index contributed by atoms with van der Waals surface area (Å²) in [6.07, 6.45) is -0.673. The van der Waals surface area contributed by atoms with E-state index >= 15 is 0 Å². The second kappa shape index (κ2) is 4.97. The number of aliphatic carboxylic acids is 1. The monoisotopic (exact) mass is 272 g/mol. The molecule has 0 unspecified atom stereocenters. The van der Waals surface area contributed by atoms with Gasteiger partial charge in [-0.25, -0.2) is 9.59 Å². The van der Waals surface area contributed by atoms with E-state index in [1.807, 2.05) is 13.8 Å². The standard InChI is InChI=1S/C12H20N2O5/c1-12(2)7-13(3-4-19-12)11(18)14-6-8(15)5-9(14)10(16)17/h8-9,15H,3-7H2,1-2H3,(H,16,17)/t8-,9-/m0/s1. The number of aliphatic hydroxyl groups is 1. The highest BCUT2D eigenvalue weighted by Gasteiger charge is 2.42. The van der Waals surface area contributed by atoms with E-state index in [-0.39, 0.29) is 19.0 Å². The molecule has 0 spiro atoms. The molecule has 2 N–H and O–H groups in total. The third-order valence-electron chi connectivity index (χ3n) is 3.51. The average molecular weight is 272 g/mol. The molecule has 2 aliphatic heterocycles. The quantitative estimate of drug-likeness (QED) is 0.686. The molecule has 2 fully saturated rings. The van der Waals surface area contributed by atoms with Crippen molar-refractivity contribution in [3.05, 3.63) is 0 Å². The first kappa shape index (κ1) is 14.1. The molecule has 2 amide bonds. The fourth-order valence-electron chi connectivity index (χ4n) is 2.62. The highest BCUT2D eigenvalue weighted by molar-refractivity contribution is 5.83. The molecule has 2 saturated heterocycles. The zero-order valence-electron chi connectivity index (χ0n) is 11.2. The van der Waals surface area contributed by atoms with Crippen molar-refractivity contribution in [3.8, 4) is 0 Å². The number of carboxylic acid groups (broad SMARTS) is 1. The summed E-state index contributed by atoms with van der Waals surface area (Å²) in [6, 6.07) is -1.27. The molecule has 7 heteroatoms. The zero-order chi connectivity index (χ0) is 14.2. The summed E-state index contributed by atoms with van der Waals surface area (Å²) in [6.45, 7) is 5.16. The Morgan fingerprint density at radius 1 is 1.37 bits per heavy atom. The lowest BCUT2D eigenvalue weighted by atomic mass is 10.1. The summed E-state index contributed by atoms with van der Waals surface area (Å²) in [4.78, 5) is 26.3. The van der Waals surface area contributed by atoms with E-state index in [4.69, 9.17) is 9.84 Å². The Kier molecular flexibility index (Phi) is 3.69. The molecule has 7 nitrogen and oxygen atoms in total. The van der Waals surface area contributed by atoms with Gasteiger partial charge in [0.05, 0.1) is 24.9 Å². The number of aliphatic hydroxyl groups excluding tert-OH is 1. The number of rotatable bonds is 1. The van der Waals surface area contributed by atoms with Gasteiger partial charge in [-0.15, -0.1) is 0 Å². The number of ether oxygens (including phenoxy) is 1. The summed E-state index contributed by atoms with van der Waals surface area (Å²) >= 11 is 0. The molecule has 0 bridgehead atoms. The van der Waals surface area contributed by atoms with Gasteiger partial charge in [0.1, 0.15) is 6.04 Å². The van der Waals surface area contributed by atoms with Crippen LogP contribution in [-0.4, -0.2) is 76.0 Å². The third-order valence-corrected chi connectivity index (χ3v) is 3.51. The van der Waals surface area contributed by atoms with Gasteiger partial charge >= 0.3 is 12.0 Å². The zero-order valence-corrected chi connectivity index (χ0v) is 11.2. The van der Waals surface area contributed by atoms with Crippen LogP contribution >= 0.6 is 0 Å². The summed E-state index contributed by atoms with van der Waals surface area (Å²) in [5.74, 6) is -1.07. The Morgan fingerprint density at radius 3 is 2.63 bits per heavy atom. The molecule has 108 valence electrons. The normalized spacial score (nSPS) is 30.5. The van der Waals surface area contributed by atoms with Crippen LogP contribution in [0.4, 0.5) is 4.79 Å². The molecule has 2 aliphatic rings. The van der Waals surface area contributed by atoms with Crippen LogP contribution in [0.1, 0.15) is 20.3 Å². The Morgan fingerprint density at radius 2 is 2.05 bits per heavy atom. The van der Waals surface area contributed by atoms with E-state index < -0.39 is 23.7 Å². The SMILES string of the molecule is CC1(C)CN(C(=O)N2C[C@@H](O)C[C@H]2C(=O)O)CCO1. The summed E-state index contributed by atoms with van der Waals surface area (Å²) in [7, 11) is 0. The van der Waals surface area contributed by atoms with E-state index in [2.05, 4.69) is 0 Å². The van der Waals surface area contributed by atoms with Crippen LogP contribution in [0.2, 0.25) is 0 Å². The van der Waals surface area contributed by atoms with Crippen molar-refractivity contribution in [3.63, 3.8) is 0 Å². The van der Waals surface area contributed by atoms with Crippen LogP contribution in [0.15, 0.2) is 0 Å². The number of likely N-dealkylation sites (tertiary alicyclic amines) is 1. The lowest BCUT2D eigenvalue weighted by Gasteiger charge is -2.40. The summed E-state index contributed by atoms with van der Waals surface area (Å²) in [5, 5.41) is 18.7. The first-order valence-corrected chi connectivity index (χ1v) is 6.40. The Hall–Kier alpha value is -1.34. The topological polar surface area (TPSA) is 90.3 Å². The lowest BCUT2D eigenvalue weighted by Crippen LogP contribution is -2.56. The molecule has 0 aromatic heterocycles. The van der Waals surface area contributed by atoms with E-state index in [0.717, 1.165) is 0 Å². The number of urea groups is 1. The van der Waals surface area contributed by atoms with Gasteiger partial charge in [-0.05, 0) is 13.8 Å². The third kappa shape index (κ3) is 2.98. The molecule has 0 aromatic carbocycles. The molecule has 0 saturated carbocycles. The van der Waals surface area contributed by atoms with Crippen LogP contribution in [0.5, 0.6) is 0 Å². The summed E-state index contributed by atoms with van der Waals surface area (Å²) < 4.78 is 5.53. The maximum Gasteiger partial charge on any atom is 0.326 e. The predicted octanol–water partition coefficient (Wildman–Crippen LogP) is -0.263. The molecule has 19 heavy (non-hydrogen) atoms. The summed E-state index contributed by atoms with van der Waals surface area (Å²) in [5.41, 5.74) is -0.426. The highest BCUT2D eigenvalue weighted by Crippen LogP contribution is 2.23. The van der Waals surface area contributed by atoms with Crippen molar-refractivity contribution in [2.75, 3.05) is 26.2 Å². The predicted molar refractivity (Wildman–Crippen MR) is 65.8 cm³/mol. The number of morpholine rings is 1. The molecule has 2 heterocycles. The van der Waals surface area contributed by atoms with Gasteiger partial charge in [0, 0.05) is 19.5 Å². The van der Waals surface area contributed by atoms with Gasteiger partial charge in [-0.1, -0.05) is 0 Å². The van der Waals surface area contributed by atoms with Gasteiger partial charge in [0.2, 0.25) is 0 Å². The molecule has 0 aromatic rings. The van der Waals surface area contributed by atoms with Gasteiger partial charge in [0.25, 0.3) is 0 Å². The van der Waals surface area contributed by atoms with Gasteiger partial charge in [0.15, 0.2) is 0 Å². The molecule has 2 rings (SSSR count). The minimum Gasteiger partial charge on any atom is -0.480 e. The second-order valence-corrected chi connectivity index (χ2v) is 5.71. The maximum absolute atomic E-state index is 12.4. The number of amides is 2. The number of hydrogen-bond acceptors (Lipinski definition) is 4. The average Bonchev–Trinajstić information content (AvgIpc) is 2.69. The molecular weight excluding hydrogens is 252 g/mol. The molecule has 0 aliphatic carbocycles. The number of carbonyl (C=O) groups excluding carboxylic acids is 1. The fourth-order valence-corrected chi connectivity index (χ4v) is 2.62. The largest absolute Gasteiger partial charge is 0.480 e. The van der Waals surface area contributed by atoms with Crippen LogP contribution in [0, 0.1) is 0 Å². The second-order valence-electron chi connectivity index (χ2n) is 5.71. The van der Waals surface area contributed by atoms with Crippen molar-refractivity contribution >= 4 is 12.0 Å². The smallest absolute Gasteiger partial charge is 0.326 e. The number of hydrogen-bond donors (Lipinski definition) is 2. The van der Waals surface area contributed by atoms with Crippen molar-refractivity contribution in [1.29, 1.82) is 0 Å².